The third-order valence-electron chi connectivity index (χ3n) is 7.29. The van der Waals surface area contributed by atoms with Crippen molar-refractivity contribution in [1.82, 2.24) is 19.4 Å². The van der Waals surface area contributed by atoms with Crippen molar-refractivity contribution in [2.45, 2.75) is 32.4 Å². The lowest BCUT2D eigenvalue weighted by atomic mass is 10.0. The van der Waals surface area contributed by atoms with Crippen LogP contribution in [0.25, 0.3) is 16.6 Å². The van der Waals surface area contributed by atoms with Crippen LogP contribution < -0.4 is 10.3 Å². The van der Waals surface area contributed by atoms with Crippen molar-refractivity contribution in [3.63, 3.8) is 0 Å². The van der Waals surface area contributed by atoms with E-state index in [9.17, 15) is 9.59 Å². The highest BCUT2D eigenvalue weighted by Crippen LogP contribution is 2.29. The van der Waals surface area contributed by atoms with E-state index in [1.807, 2.05) is 53.4 Å². The van der Waals surface area contributed by atoms with Gasteiger partial charge in [-0.25, -0.2) is 0 Å². The summed E-state index contributed by atoms with van der Waals surface area (Å²) in [6.07, 6.45) is 4.97. The van der Waals surface area contributed by atoms with E-state index >= 15 is 0 Å². The Labute approximate surface area is 209 Å². The van der Waals surface area contributed by atoms with Gasteiger partial charge in [-0.05, 0) is 61.7 Å². The summed E-state index contributed by atoms with van der Waals surface area (Å²) in [6.45, 7) is 4.35. The predicted molar refractivity (Wildman–Crippen MR) is 139 cm³/mol. The maximum Gasteiger partial charge on any atom is 0.258 e. The van der Waals surface area contributed by atoms with Gasteiger partial charge in [0, 0.05) is 35.4 Å². The van der Waals surface area contributed by atoms with Crippen LogP contribution in [0.4, 0.5) is 0 Å². The molecular formula is C29H30N4O3. The fraction of sp³-hybridized carbons (Fsp3) is 0.310. The molecule has 1 N–H and O–H groups in total. The first-order valence-electron chi connectivity index (χ1n) is 12.7. The van der Waals surface area contributed by atoms with Crippen LogP contribution in [0, 0.1) is 0 Å². The summed E-state index contributed by atoms with van der Waals surface area (Å²) >= 11 is 0. The number of aromatic amines is 1. The van der Waals surface area contributed by atoms with Gasteiger partial charge >= 0.3 is 0 Å². The number of hydrogen-bond acceptors (Lipinski definition) is 4. The third kappa shape index (κ3) is 4.54. The van der Waals surface area contributed by atoms with Gasteiger partial charge in [-0.1, -0.05) is 36.4 Å². The van der Waals surface area contributed by atoms with Crippen LogP contribution in [-0.4, -0.2) is 51.4 Å². The first-order valence-corrected chi connectivity index (χ1v) is 12.7. The predicted octanol–water partition coefficient (Wildman–Crippen LogP) is 3.88. The van der Waals surface area contributed by atoms with E-state index in [-0.39, 0.29) is 11.5 Å². The summed E-state index contributed by atoms with van der Waals surface area (Å²) in [5.74, 6) is 0.762. The monoisotopic (exact) mass is 482 g/mol. The van der Waals surface area contributed by atoms with Gasteiger partial charge in [0.2, 0.25) is 5.91 Å². The van der Waals surface area contributed by atoms with E-state index < -0.39 is 0 Å². The van der Waals surface area contributed by atoms with E-state index in [0.717, 1.165) is 53.9 Å². The standard InChI is InChI=1S/C29H30N4O3/c34-28-17-23(36-20-21-6-2-1-3-7-21)10-15-33(28)22-8-9-24-25-11-14-32(18-27(25)30-26(24)16-22)29(35)19-31-12-4-5-13-31/h1-3,6-10,15-17,30H,4-5,11-14,18-20H2. The molecule has 0 radical (unpaired) electrons. The van der Waals surface area contributed by atoms with Crippen molar-refractivity contribution >= 4 is 16.8 Å². The van der Waals surface area contributed by atoms with Gasteiger partial charge in [-0.3, -0.25) is 19.1 Å². The Balaban J connectivity index is 1.18. The molecule has 4 aromatic rings. The van der Waals surface area contributed by atoms with Crippen LogP contribution >= 0.6 is 0 Å². The Bertz CT molecular complexity index is 1450. The Kier molecular flexibility index (Phi) is 6.07. The Morgan fingerprint density at radius 2 is 1.81 bits per heavy atom. The first-order chi connectivity index (χ1) is 17.6. The summed E-state index contributed by atoms with van der Waals surface area (Å²) in [5.41, 5.74) is 5.07. The van der Waals surface area contributed by atoms with Gasteiger partial charge in [0.05, 0.1) is 18.8 Å². The lowest BCUT2D eigenvalue weighted by Crippen LogP contribution is -2.41. The number of nitrogens with zero attached hydrogens (tertiary/aromatic N) is 3. The third-order valence-corrected chi connectivity index (χ3v) is 7.29. The molecule has 2 aromatic carbocycles. The molecule has 1 saturated heterocycles. The molecule has 1 amide bonds. The maximum atomic E-state index is 12.9. The molecule has 0 atom stereocenters. The molecule has 0 saturated carbocycles. The molecule has 4 heterocycles. The van der Waals surface area contributed by atoms with Crippen molar-refractivity contribution in [1.29, 1.82) is 0 Å². The molecule has 2 aromatic heterocycles. The van der Waals surface area contributed by atoms with Gasteiger partial charge in [0.25, 0.3) is 5.56 Å². The lowest BCUT2D eigenvalue weighted by molar-refractivity contribution is -0.133. The van der Waals surface area contributed by atoms with Gasteiger partial charge in [0.1, 0.15) is 12.4 Å². The highest BCUT2D eigenvalue weighted by Gasteiger charge is 2.26. The van der Waals surface area contributed by atoms with Crippen LogP contribution in [0.1, 0.15) is 29.7 Å². The number of benzene rings is 2. The number of amides is 1. The topological polar surface area (TPSA) is 70.6 Å². The molecule has 0 spiro atoms. The number of rotatable bonds is 6. The molecule has 2 aliphatic heterocycles. The SMILES string of the molecule is O=C(CN1CCCC1)N1CCc2c([nH]c3cc(-n4ccc(OCc5ccccc5)cc4=O)ccc23)C1. The summed E-state index contributed by atoms with van der Waals surface area (Å²) in [5, 5.41) is 1.16. The van der Waals surface area contributed by atoms with E-state index in [0.29, 0.717) is 25.4 Å². The van der Waals surface area contributed by atoms with Crippen LogP contribution in [0.2, 0.25) is 0 Å². The number of carbonyl (C=O) groups excluding carboxylic acids is 1. The molecular weight excluding hydrogens is 452 g/mol. The van der Waals surface area contributed by atoms with Gasteiger partial charge in [-0.15, -0.1) is 0 Å². The summed E-state index contributed by atoms with van der Waals surface area (Å²) in [4.78, 5) is 33.4. The summed E-state index contributed by atoms with van der Waals surface area (Å²) in [6, 6.07) is 19.3. The number of likely N-dealkylation sites (tertiary alicyclic amines) is 1. The van der Waals surface area contributed by atoms with Crippen molar-refractivity contribution in [2.24, 2.45) is 0 Å². The van der Waals surface area contributed by atoms with Crippen molar-refractivity contribution in [3.8, 4) is 11.4 Å². The zero-order valence-corrected chi connectivity index (χ0v) is 20.3. The Hall–Kier alpha value is -3.84. The van der Waals surface area contributed by atoms with Crippen LogP contribution in [-0.2, 0) is 24.4 Å². The normalized spacial score (nSPS) is 15.8. The van der Waals surface area contributed by atoms with Crippen molar-refractivity contribution in [3.05, 3.63) is 94.0 Å². The Morgan fingerprint density at radius 1 is 0.972 bits per heavy atom. The number of ether oxygens (including phenoxy) is 1. The largest absolute Gasteiger partial charge is 0.489 e. The molecule has 0 bridgehead atoms. The second kappa shape index (κ2) is 9.66. The summed E-state index contributed by atoms with van der Waals surface area (Å²) < 4.78 is 7.43. The highest BCUT2D eigenvalue weighted by atomic mass is 16.5. The minimum atomic E-state index is -0.144. The average Bonchev–Trinajstić information content (AvgIpc) is 3.54. The number of nitrogens with one attached hydrogen (secondary N) is 1. The number of aromatic nitrogens is 2. The van der Waals surface area contributed by atoms with E-state index in [1.54, 1.807) is 10.8 Å². The van der Waals surface area contributed by atoms with Crippen LogP contribution in [0.5, 0.6) is 5.75 Å². The van der Waals surface area contributed by atoms with Crippen LogP contribution in [0.3, 0.4) is 0 Å². The molecule has 2 aliphatic rings. The highest BCUT2D eigenvalue weighted by molar-refractivity contribution is 5.87. The van der Waals surface area contributed by atoms with Crippen molar-refractivity contribution < 1.29 is 9.53 Å². The fourth-order valence-electron chi connectivity index (χ4n) is 5.34. The molecule has 36 heavy (non-hydrogen) atoms. The molecule has 7 nitrogen and oxygen atoms in total. The van der Waals surface area contributed by atoms with Crippen molar-refractivity contribution in [2.75, 3.05) is 26.2 Å². The van der Waals surface area contributed by atoms with E-state index in [2.05, 4.69) is 16.0 Å². The lowest BCUT2D eigenvalue weighted by Gasteiger charge is -2.28. The number of hydrogen-bond donors (Lipinski definition) is 1. The number of fused-ring (bicyclic) bond motifs is 3. The number of H-pyrrole nitrogens is 1. The first kappa shape index (κ1) is 22.6. The Morgan fingerprint density at radius 3 is 2.61 bits per heavy atom. The molecule has 1 fully saturated rings. The quantitative estimate of drug-likeness (QED) is 0.453. The van der Waals surface area contributed by atoms with E-state index in [1.165, 1.54) is 24.5 Å². The minimum Gasteiger partial charge on any atom is -0.489 e. The molecule has 0 aliphatic carbocycles. The van der Waals surface area contributed by atoms with E-state index in [4.69, 9.17) is 4.74 Å². The number of carbonyl (C=O) groups is 1. The maximum absolute atomic E-state index is 12.9. The molecule has 0 unspecified atom stereocenters. The van der Waals surface area contributed by atoms with Crippen LogP contribution in [0.15, 0.2) is 71.7 Å². The molecule has 7 heteroatoms. The smallest absolute Gasteiger partial charge is 0.258 e. The fourth-order valence-corrected chi connectivity index (χ4v) is 5.34. The second-order valence-electron chi connectivity index (χ2n) is 9.71. The summed E-state index contributed by atoms with van der Waals surface area (Å²) in [7, 11) is 0. The second-order valence-corrected chi connectivity index (χ2v) is 9.71. The van der Waals surface area contributed by atoms with Gasteiger partial charge < -0.3 is 14.6 Å². The van der Waals surface area contributed by atoms with Gasteiger partial charge in [0.15, 0.2) is 0 Å². The average molecular weight is 483 g/mol. The van der Waals surface area contributed by atoms with Gasteiger partial charge in [-0.2, -0.15) is 0 Å². The minimum absolute atomic E-state index is 0.144. The molecule has 6 rings (SSSR count). The number of pyridine rings is 1. The zero-order valence-electron chi connectivity index (χ0n) is 20.3. The molecule has 184 valence electrons. The zero-order chi connectivity index (χ0) is 24.5.